The number of nitrogens with one attached hydrogen (secondary N) is 1. The van der Waals surface area contributed by atoms with Gasteiger partial charge in [0.15, 0.2) is 0 Å². The van der Waals surface area contributed by atoms with E-state index in [2.05, 4.69) is 21.9 Å². The Labute approximate surface area is 103 Å². The first-order valence-corrected chi connectivity index (χ1v) is 5.14. The minimum absolute atomic E-state index is 0.264. The first-order valence-electron chi connectivity index (χ1n) is 5.14. The van der Waals surface area contributed by atoms with Gasteiger partial charge in [0, 0.05) is 19.0 Å². The van der Waals surface area contributed by atoms with E-state index in [0.717, 1.165) is 12.1 Å². The number of ether oxygens (including phenoxy) is 1. The summed E-state index contributed by atoms with van der Waals surface area (Å²) in [4.78, 5) is 0. The smallest absolute Gasteiger partial charge is 0.507 e. The fraction of sp³-hybridized carbons (Fsp3) is 0.333. The molecule has 0 aliphatic heterocycles. The van der Waals surface area contributed by atoms with Gasteiger partial charge in [-0.05, 0) is 19.2 Å². The molecule has 0 saturated heterocycles. The van der Waals surface area contributed by atoms with Crippen LogP contribution in [0.3, 0.4) is 0 Å². The minimum atomic E-state index is -4.77. The monoisotopic (exact) mass is 259 g/mol. The maximum absolute atomic E-state index is 11.9. The largest absolute Gasteiger partial charge is 0.573 e. The Morgan fingerprint density at radius 1 is 1.39 bits per heavy atom. The van der Waals surface area contributed by atoms with E-state index in [1.165, 1.54) is 6.07 Å². The van der Waals surface area contributed by atoms with E-state index in [-0.39, 0.29) is 11.3 Å². The van der Waals surface area contributed by atoms with Crippen molar-refractivity contribution in [3.05, 3.63) is 23.8 Å². The molecule has 1 aromatic carbocycles. The number of halogens is 3. The second kappa shape index (κ2) is 6.17. The zero-order chi connectivity index (χ0) is 13.6. The highest BCUT2D eigenvalue weighted by Gasteiger charge is 2.31. The summed E-state index contributed by atoms with van der Waals surface area (Å²) in [5.74, 6) is 4.63. The van der Waals surface area contributed by atoms with E-state index in [1.807, 2.05) is 0 Å². The number of phenolic OH excluding ortho intramolecular Hbond substituents is 1. The normalized spacial score (nSPS) is 10.7. The van der Waals surface area contributed by atoms with E-state index in [0.29, 0.717) is 13.0 Å². The average molecular weight is 259 g/mol. The maximum Gasteiger partial charge on any atom is 0.573 e. The van der Waals surface area contributed by atoms with Crippen molar-refractivity contribution in [1.82, 2.24) is 5.32 Å². The Kier molecular flexibility index (Phi) is 4.86. The maximum atomic E-state index is 11.9. The van der Waals surface area contributed by atoms with Crippen LogP contribution >= 0.6 is 0 Å². The predicted octanol–water partition coefficient (Wildman–Crippen LogP) is 2.25. The molecule has 0 bridgehead atoms. The number of hydrogen-bond acceptors (Lipinski definition) is 3. The van der Waals surface area contributed by atoms with E-state index in [1.54, 1.807) is 7.05 Å². The molecule has 6 heteroatoms. The summed E-state index contributed by atoms with van der Waals surface area (Å²) in [6.07, 6.45) is -4.19. The highest BCUT2D eigenvalue weighted by atomic mass is 19.4. The average Bonchev–Trinajstić information content (AvgIpc) is 2.24. The van der Waals surface area contributed by atoms with Crippen LogP contribution < -0.4 is 10.1 Å². The van der Waals surface area contributed by atoms with Crippen LogP contribution in [-0.4, -0.2) is 25.1 Å². The zero-order valence-electron chi connectivity index (χ0n) is 9.64. The van der Waals surface area contributed by atoms with Crippen molar-refractivity contribution in [2.24, 2.45) is 0 Å². The number of aromatic hydroxyl groups is 1. The highest BCUT2D eigenvalue weighted by molar-refractivity contribution is 5.49. The lowest BCUT2D eigenvalue weighted by molar-refractivity contribution is -0.274. The molecule has 0 amide bonds. The first-order chi connectivity index (χ1) is 8.42. The summed E-state index contributed by atoms with van der Waals surface area (Å²) in [5, 5.41) is 12.4. The van der Waals surface area contributed by atoms with Gasteiger partial charge in [0.25, 0.3) is 0 Å². The topological polar surface area (TPSA) is 41.5 Å². The van der Waals surface area contributed by atoms with Gasteiger partial charge in [-0.15, -0.1) is 13.2 Å². The fourth-order valence-electron chi connectivity index (χ4n) is 1.16. The van der Waals surface area contributed by atoms with Crippen LogP contribution in [-0.2, 0) is 0 Å². The van der Waals surface area contributed by atoms with Gasteiger partial charge >= 0.3 is 6.36 Å². The molecule has 0 spiro atoms. The lowest BCUT2D eigenvalue weighted by Crippen LogP contribution is -2.17. The number of alkyl halides is 3. The lowest BCUT2D eigenvalue weighted by Gasteiger charge is -2.09. The molecule has 0 aliphatic rings. The van der Waals surface area contributed by atoms with Crippen LogP contribution in [0.1, 0.15) is 12.0 Å². The van der Waals surface area contributed by atoms with Gasteiger partial charge in [0.05, 0.1) is 5.56 Å². The third kappa shape index (κ3) is 4.97. The van der Waals surface area contributed by atoms with Crippen molar-refractivity contribution in [2.75, 3.05) is 13.6 Å². The molecule has 3 nitrogen and oxygen atoms in total. The third-order valence-corrected chi connectivity index (χ3v) is 1.93. The summed E-state index contributed by atoms with van der Waals surface area (Å²) in [5.41, 5.74) is 0.264. The number of rotatable bonds is 3. The molecule has 0 heterocycles. The number of hydrogen-bond donors (Lipinski definition) is 2. The van der Waals surface area contributed by atoms with Gasteiger partial charge in [-0.2, -0.15) is 0 Å². The van der Waals surface area contributed by atoms with Gasteiger partial charge in [-0.1, -0.05) is 11.8 Å². The Bertz CT molecular complexity index is 461. The molecular weight excluding hydrogens is 247 g/mol. The summed E-state index contributed by atoms with van der Waals surface area (Å²) in [7, 11) is 1.78. The molecule has 0 atom stereocenters. The Morgan fingerprint density at radius 3 is 2.67 bits per heavy atom. The van der Waals surface area contributed by atoms with Crippen LogP contribution in [0.2, 0.25) is 0 Å². The summed E-state index contributed by atoms with van der Waals surface area (Å²) < 4.78 is 39.4. The molecule has 1 rings (SSSR count). The van der Waals surface area contributed by atoms with Gasteiger partial charge in [0.1, 0.15) is 11.5 Å². The standard InChI is InChI=1S/C12H12F3NO2/c1-16-7-3-2-4-9-5-6-10(8-11(9)17)18-12(13,14)15/h5-6,8,16-17H,3,7H2,1H3. The van der Waals surface area contributed by atoms with Crippen molar-refractivity contribution in [2.45, 2.75) is 12.8 Å². The quantitative estimate of drug-likeness (QED) is 0.646. The molecule has 0 aliphatic carbocycles. The molecule has 0 radical (unpaired) electrons. The van der Waals surface area contributed by atoms with Gasteiger partial charge in [-0.25, -0.2) is 0 Å². The van der Waals surface area contributed by atoms with E-state index in [9.17, 15) is 18.3 Å². The fourth-order valence-corrected chi connectivity index (χ4v) is 1.16. The van der Waals surface area contributed by atoms with Crippen LogP contribution in [0.25, 0.3) is 0 Å². The molecule has 98 valence electrons. The van der Waals surface area contributed by atoms with Gasteiger partial charge in [-0.3, -0.25) is 0 Å². The van der Waals surface area contributed by atoms with Gasteiger partial charge in [0.2, 0.25) is 0 Å². The van der Waals surface area contributed by atoms with Gasteiger partial charge < -0.3 is 15.2 Å². The Balaban J connectivity index is 2.76. The summed E-state index contributed by atoms with van der Waals surface area (Å²) >= 11 is 0. The number of benzene rings is 1. The molecule has 1 aromatic rings. The lowest BCUT2D eigenvalue weighted by atomic mass is 10.2. The zero-order valence-corrected chi connectivity index (χ0v) is 9.64. The van der Waals surface area contributed by atoms with Crippen molar-refractivity contribution >= 4 is 0 Å². The van der Waals surface area contributed by atoms with E-state index in [4.69, 9.17) is 0 Å². The van der Waals surface area contributed by atoms with Crippen LogP contribution in [0.4, 0.5) is 13.2 Å². The van der Waals surface area contributed by atoms with Crippen molar-refractivity contribution in [1.29, 1.82) is 0 Å². The first kappa shape index (κ1) is 14.2. The van der Waals surface area contributed by atoms with Crippen LogP contribution in [0, 0.1) is 11.8 Å². The van der Waals surface area contributed by atoms with Crippen molar-refractivity contribution < 1.29 is 23.0 Å². The Hall–Kier alpha value is -1.87. The molecule has 0 fully saturated rings. The predicted molar refractivity (Wildman–Crippen MR) is 60.2 cm³/mol. The molecule has 0 saturated carbocycles. The summed E-state index contributed by atoms with van der Waals surface area (Å²) in [6, 6.07) is 3.27. The number of phenols is 1. The molecule has 0 aromatic heterocycles. The molecule has 0 unspecified atom stereocenters. The molecule has 18 heavy (non-hydrogen) atoms. The molecule has 2 N–H and O–H groups in total. The third-order valence-electron chi connectivity index (χ3n) is 1.93. The summed E-state index contributed by atoms with van der Waals surface area (Å²) in [6.45, 7) is 0.697. The van der Waals surface area contributed by atoms with Crippen LogP contribution in [0.15, 0.2) is 18.2 Å². The Morgan fingerprint density at radius 2 is 2.11 bits per heavy atom. The second-order valence-corrected chi connectivity index (χ2v) is 3.38. The van der Waals surface area contributed by atoms with Crippen LogP contribution in [0.5, 0.6) is 11.5 Å². The molecular formula is C12H12F3NO2. The SMILES string of the molecule is CNCCC#Cc1ccc(OC(F)(F)F)cc1O. The highest BCUT2D eigenvalue weighted by Crippen LogP contribution is 2.27. The van der Waals surface area contributed by atoms with Crippen molar-refractivity contribution in [3.63, 3.8) is 0 Å². The van der Waals surface area contributed by atoms with Crippen molar-refractivity contribution in [3.8, 4) is 23.3 Å². The second-order valence-electron chi connectivity index (χ2n) is 3.38. The van der Waals surface area contributed by atoms with E-state index < -0.39 is 12.1 Å². The minimum Gasteiger partial charge on any atom is -0.507 e. The van der Waals surface area contributed by atoms with E-state index >= 15 is 0 Å².